The first kappa shape index (κ1) is 25.5. The third kappa shape index (κ3) is 6.77. The summed E-state index contributed by atoms with van der Waals surface area (Å²) in [7, 11) is 0. The molecule has 1 atom stereocenters. The minimum atomic E-state index is -0.845. The molecule has 2 aromatic rings. The smallest absolute Gasteiger partial charge is 0.243 e. The van der Waals surface area contributed by atoms with Crippen molar-refractivity contribution < 1.29 is 19.2 Å². The van der Waals surface area contributed by atoms with Crippen molar-refractivity contribution in [1.29, 1.82) is 0 Å². The summed E-state index contributed by atoms with van der Waals surface area (Å²) in [6.45, 7) is 6.66. The third-order valence-electron chi connectivity index (χ3n) is 6.68. The van der Waals surface area contributed by atoms with Crippen molar-refractivity contribution in [2.24, 2.45) is 0 Å². The fourth-order valence-electron chi connectivity index (χ4n) is 4.62. The van der Waals surface area contributed by atoms with Crippen molar-refractivity contribution in [3.8, 4) is 0 Å². The zero-order valence-corrected chi connectivity index (χ0v) is 20.6. The summed E-state index contributed by atoms with van der Waals surface area (Å²) >= 11 is 0. The Morgan fingerprint density at radius 3 is 2.25 bits per heavy atom. The lowest BCUT2D eigenvalue weighted by Gasteiger charge is -2.38. The molecule has 0 aromatic heterocycles. The normalized spacial score (nSPS) is 19.0. The van der Waals surface area contributed by atoms with E-state index in [1.165, 1.54) is 17.4 Å². The van der Waals surface area contributed by atoms with Gasteiger partial charge in [0.15, 0.2) is 5.78 Å². The number of benzene rings is 2. The second-order valence-corrected chi connectivity index (χ2v) is 9.32. The van der Waals surface area contributed by atoms with Crippen LogP contribution in [0.25, 0.3) is 0 Å². The first-order valence-corrected chi connectivity index (χ1v) is 12.4. The van der Waals surface area contributed by atoms with Crippen LogP contribution in [-0.2, 0) is 20.9 Å². The molecule has 0 aliphatic carbocycles. The highest BCUT2D eigenvalue weighted by Crippen LogP contribution is 2.15. The number of rotatable bonds is 8. The summed E-state index contributed by atoms with van der Waals surface area (Å²) < 4.78 is 0. The lowest BCUT2D eigenvalue weighted by Crippen LogP contribution is -2.60. The highest BCUT2D eigenvalue weighted by atomic mass is 16.2. The van der Waals surface area contributed by atoms with E-state index < -0.39 is 6.04 Å². The summed E-state index contributed by atoms with van der Waals surface area (Å²) in [6.07, 6.45) is -0.128. The average Bonchev–Trinajstić information content (AvgIpc) is 2.87. The molecule has 0 spiro atoms. The molecule has 0 bridgehead atoms. The van der Waals surface area contributed by atoms with Crippen LogP contribution in [0.5, 0.6) is 0 Å². The zero-order valence-electron chi connectivity index (χ0n) is 20.6. The van der Waals surface area contributed by atoms with Crippen molar-refractivity contribution in [2.75, 3.05) is 51.1 Å². The Morgan fingerprint density at radius 2 is 1.58 bits per heavy atom. The second kappa shape index (κ2) is 11.9. The molecule has 2 fully saturated rings. The van der Waals surface area contributed by atoms with Crippen LogP contribution < -0.4 is 10.6 Å². The predicted octanol–water partition coefficient (Wildman–Crippen LogP) is 1.36. The van der Waals surface area contributed by atoms with Crippen molar-refractivity contribution >= 4 is 29.2 Å². The quantitative estimate of drug-likeness (QED) is 0.541. The molecule has 9 nitrogen and oxygen atoms in total. The summed E-state index contributed by atoms with van der Waals surface area (Å²) in [5, 5.41) is 5.53. The Labute approximate surface area is 211 Å². The third-order valence-corrected chi connectivity index (χ3v) is 6.68. The molecule has 4 rings (SSSR count). The highest BCUT2D eigenvalue weighted by Gasteiger charge is 2.35. The Balaban J connectivity index is 1.29. The second-order valence-electron chi connectivity index (χ2n) is 9.32. The lowest BCUT2D eigenvalue weighted by molar-refractivity contribution is -0.145. The number of hydrogen-bond acceptors (Lipinski definition) is 6. The van der Waals surface area contributed by atoms with Gasteiger partial charge in [0.1, 0.15) is 6.04 Å². The maximum Gasteiger partial charge on any atom is 0.243 e. The van der Waals surface area contributed by atoms with Crippen molar-refractivity contribution in [2.45, 2.75) is 25.9 Å². The van der Waals surface area contributed by atoms with Gasteiger partial charge in [0, 0.05) is 57.1 Å². The first-order chi connectivity index (χ1) is 17.4. The number of anilines is 1. The van der Waals surface area contributed by atoms with E-state index in [4.69, 9.17) is 0 Å². The zero-order chi connectivity index (χ0) is 25.5. The van der Waals surface area contributed by atoms with Gasteiger partial charge in [0.2, 0.25) is 17.7 Å². The van der Waals surface area contributed by atoms with E-state index in [2.05, 4.69) is 32.6 Å². The SMILES string of the molecule is CC(=O)c1ccc(NC(=O)CC2C(=O)NCCN2C(=O)CN2CCN(Cc3ccccc3)CC2)cc1. The molecule has 2 heterocycles. The standard InChI is InChI=1S/C27H33N5O4/c1-20(33)22-7-9-23(10-8-22)29-25(34)17-24-27(36)28-11-12-32(24)26(35)19-31-15-13-30(14-16-31)18-21-5-3-2-4-6-21/h2-10,24H,11-19H2,1H3,(H,28,36)(H,29,34). The van der Waals surface area contributed by atoms with E-state index in [-0.39, 0.29) is 36.5 Å². The monoisotopic (exact) mass is 491 g/mol. The Morgan fingerprint density at radius 1 is 0.917 bits per heavy atom. The minimum absolute atomic E-state index is 0.0569. The van der Waals surface area contributed by atoms with E-state index in [0.717, 1.165) is 32.7 Å². The van der Waals surface area contributed by atoms with Gasteiger partial charge in [-0.2, -0.15) is 0 Å². The average molecular weight is 492 g/mol. The van der Waals surface area contributed by atoms with E-state index in [1.54, 1.807) is 24.3 Å². The molecule has 2 N–H and O–H groups in total. The van der Waals surface area contributed by atoms with Crippen molar-refractivity contribution in [3.63, 3.8) is 0 Å². The fraction of sp³-hybridized carbons (Fsp3) is 0.407. The summed E-state index contributed by atoms with van der Waals surface area (Å²) in [6, 6.07) is 16.1. The number of ketones is 1. The summed E-state index contributed by atoms with van der Waals surface area (Å²) in [5.41, 5.74) is 2.36. The van der Waals surface area contributed by atoms with E-state index >= 15 is 0 Å². The van der Waals surface area contributed by atoms with Crippen LogP contribution in [0.15, 0.2) is 54.6 Å². The fourth-order valence-corrected chi connectivity index (χ4v) is 4.62. The number of carbonyl (C=O) groups is 4. The molecule has 9 heteroatoms. The molecule has 1 unspecified atom stereocenters. The first-order valence-electron chi connectivity index (χ1n) is 12.4. The van der Waals surface area contributed by atoms with Gasteiger partial charge in [-0.15, -0.1) is 0 Å². The van der Waals surface area contributed by atoms with E-state index in [0.29, 0.717) is 24.3 Å². The van der Waals surface area contributed by atoms with Crippen LogP contribution in [0, 0.1) is 0 Å². The van der Waals surface area contributed by atoms with E-state index in [1.807, 2.05) is 18.2 Å². The maximum absolute atomic E-state index is 13.2. The van der Waals surface area contributed by atoms with Gasteiger partial charge in [0.05, 0.1) is 13.0 Å². The van der Waals surface area contributed by atoms with Crippen LogP contribution in [-0.4, -0.2) is 90.1 Å². The van der Waals surface area contributed by atoms with Crippen LogP contribution in [0.1, 0.15) is 29.3 Å². The Bertz CT molecular complexity index is 1080. The summed E-state index contributed by atoms with van der Waals surface area (Å²) in [4.78, 5) is 55.9. The van der Waals surface area contributed by atoms with Crippen molar-refractivity contribution in [3.05, 3.63) is 65.7 Å². The van der Waals surface area contributed by atoms with Gasteiger partial charge in [-0.25, -0.2) is 0 Å². The molecule has 2 saturated heterocycles. The highest BCUT2D eigenvalue weighted by molar-refractivity contribution is 5.98. The number of Topliss-reactive ketones (excluding diaryl/α,β-unsaturated/α-hetero) is 1. The summed E-state index contributed by atoms with van der Waals surface area (Å²) in [5.74, 6) is -0.868. The molecule has 0 radical (unpaired) electrons. The van der Waals surface area contributed by atoms with Gasteiger partial charge < -0.3 is 15.5 Å². The van der Waals surface area contributed by atoms with Crippen LogP contribution in [0.3, 0.4) is 0 Å². The van der Waals surface area contributed by atoms with Crippen LogP contribution >= 0.6 is 0 Å². The number of hydrogen-bond donors (Lipinski definition) is 2. The molecule has 36 heavy (non-hydrogen) atoms. The van der Waals surface area contributed by atoms with Crippen LogP contribution in [0.2, 0.25) is 0 Å². The number of carbonyl (C=O) groups excluding carboxylic acids is 4. The number of nitrogens with zero attached hydrogens (tertiary/aromatic N) is 3. The van der Waals surface area contributed by atoms with Crippen LogP contribution in [0.4, 0.5) is 5.69 Å². The molecule has 2 aliphatic heterocycles. The van der Waals surface area contributed by atoms with Gasteiger partial charge in [-0.1, -0.05) is 30.3 Å². The lowest BCUT2D eigenvalue weighted by atomic mass is 10.1. The van der Waals surface area contributed by atoms with Gasteiger partial charge in [0.25, 0.3) is 0 Å². The van der Waals surface area contributed by atoms with E-state index in [9.17, 15) is 19.2 Å². The van der Waals surface area contributed by atoms with Gasteiger partial charge >= 0.3 is 0 Å². The van der Waals surface area contributed by atoms with Crippen molar-refractivity contribution in [1.82, 2.24) is 20.0 Å². The minimum Gasteiger partial charge on any atom is -0.353 e. The Kier molecular flexibility index (Phi) is 8.45. The number of amides is 3. The molecular formula is C27H33N5O4. The largest absolute Gasteiger partial charge is 0.353 e. The van der Waals surface area contributed by atoms with Gasteiger partial charge in [-0.3, -0.25) is 29.0 Å². The maximum atomic E-state index is 13.2. The predicted molar refractivity (Wildman–Crippen MR) is 136 cm³/mol. The van der Waals surface area contributed by atoms with Gasteiger partial charge in [-0.05, 0) is 36.8 Å². The Hall–Kier alpha value is -3.56. The molecule has 190 valence electrons. The molecular weight excluding hydrogens is 458 g/mol. The molecule has 2 aromatic carbocycles. The number of piperazine rings is 2. The molecule has 2 aliphatic rings. The topological polar surface area (TPSA) is 102 Å². The molecule has 3 amide bonds. The number of nitrogens with one attached hydrogen (secondary N) is 2. The molecule has 0 saturated carbocycles.